The molecule has 0 spiro atoms. The Labute approximate surface area is 98.1 Å². The zero-order valence-corrected chi connectivity index (χ0v) is 9.31. The van der Waals surface area contributed by atoms with E-state index in [0.717, 1.165) is 6.42 Å². The number of hydrogen-bond acceptors (Lipinski definition) is 3. The van der Waals surface area contributed by atoms with Gasteiger partial charge in [0.1, 0.15) is 11.5 Å². The fourth-order valence-corrected chi connectivity index (χ4v) is 2.07. The van der Waals surface area contributed by atoms with E-state index in [9.17, 15) is 15.0 Å². The lowest BCUT2D eigenvalue weighted by Crippen LogP contribution is -2.28. The minimum absolute atomic E-state index is 0.00476. The number of benzene rings is 1. The lowest BCUT2D eigenvalue weighted by Gasteiger charge is -2.15. The highest BCUT2D eigenvalue weighted by molar-refractivity contribution is 6.21. The first-order chi connectivity index (χ1) is 7.56. The predicted octanol–water partition coefficient (Wildman–Crippen LogP) is 1.55. The summed E-state index contributed by atoms with van der Waals surface area (Å²) in [6.45, 7) is 1.13. The van der Waals surface area contributed by atoms with E-state index in [-0.39, 0.29) is 28.3 Å². The Morgan fingerprint density at radius 3 is 2.44 bits per heavy atom. The summed E-state index contributed by atoms with van der Waals surface area (Å²) >= 11 is 5.91. The van der Waals surface area contributed by atoms with E-state index in [0.29, 0.717) is 13.1 Å². The number of phenols is 2. The summed E-state index contributed by atoms with van der Waals surface area (Å²) in [6.07, 6.45) is 0.776. The number of carbonyl (C=O) groups is 1. The molecule has 1 atom stereocenters. The summed E-state index contributed by atoms with van der Waals surface area (Å²) in [7, 11) is 0. The van der Waals surface area contributed by atoms with Crippen LogP contribution < -0.4 is 0 Å². The summed E-state index contributed by atoms with van der Waals surface area (Å²) < 4.78 is 0. The van der Waals surface area contributed by atoms with Crippen LogP contribution in [0.25, 0.3) is 0 Å². The Kier molecular flexibility index (Phi) is 2.92. The van der Waals surface area contributed by atoms with Crippen LogP contribution >= 0.6 is 11.6 Å². The topological polar surface area (TPSA) is 60.8 Å². The van der Waals surface area contributed by atoms with Gasteiger partial charge < -0.3 is 15.1 Å². The highest BCUT2D eigenvalue weighted by atomic mass is 35.5. The van der Waals surface area contributed by atoms with Crippen molar-refractivity contribution in [2.24, 2.45) is 0 Å². The van der Waals surface area contributed by atoms with Crippen molar-refractivity contribution < 1.29 is 15.0 Å². The molecule has 1 heterocycles. The van der Waals surface area contributed by atoms with Crippen molar-refractivity contribution in [2.75, 3.05) is 13.1 Å². The number of carbonyl (C=O) groups excluding carboxylic acids is 1. The molecule has 2 N–H and O–H groups in total. The summed E-state index contributed by atoms with van der Waals surface area (Å²) in [5, 5.41) is 18.6. The third-order valence-corrected chi connectivity index (χ3v) is 2.92. The van der Waals surface area contributed by atoms with E-state index >= 15 is 0 Å². The van der Waals surface area contributed by atoms with Crippen molar-refractivity contribution in [2.45, 2.75) is 11.8 Å². The zero-order chi connectivity index (χ0) is 11.7. The van der Waals surface area contributed by atoms with Crippen LogP contribution in [0.5, 0.6) is 11.5 Å². The van der Waals surface area contributed by atoms with Crippen LogP contribution in [0.4, 0.5) is 0 Å². The van der Waals surface area contributed by atoms with Crippen molar-refractivity contribution >= 4 is 17.5 Å². The third kappa shape index (κ3) is 2.22. The van der Waals surface area contributed by atoms with Crippen molar-refractivity contribution in [1.29, 1.82) is 0 Å². The Hall–Kier alpha value is -1.42. The molecule has 0 bridgehead atoms. The average molecular weight is 242 g/mol. The third-order valence-electron chi connectivity index (χ3n) is 2.57. The number of halogens is 1. The van der Waals surface area contributed by atoms with E-state index in [2.05, 4.69) is 0 Å². The fourth-order valence-electron chi connectivity index (χ4n) is 1.80. The van der Waals surface area contributed by atoms with Gasteiger partial charge >= 0.3 is 0 Å². The molecular formula is C11H12ClNO3. The molecule has 1 amide bonds. The van der Waals surface area contributed by atoms with E-state index in [1.54, 1.807) is 4.90 Å². The molecule has 1 saturated heterocycles. The molecule has 1 unspecified atom stereocenters. The molecule has 16 heavy (non-hydrogen) atoms. The first-order valence-corrected chi connectivity index (χ1v) is 5.46. The highest BCUT2D eigenvalue weighted by Gasteiger charge is 2.25. The summed E-state index contributed by atoms with van der Waals surface area (Å²) in [5.41, 5.74) is 0.281. The van der Waals surface area contributed by atoms with Gasteiger partial charge in [-0.2, -0.15) is 0 Å². The molecule has 0 aromatic heterocycles. The molecule has 5 heteroatoms. The number of rotatable bonds is 1. The second-order valence-electron chi connectivity index (χ2n) is 3.88. The first-order valence-electron chi connectivity index (χ1n) is 5.02. The lowest BCUT2D eigenvalue weighted by molar-refractivity contribution is 0.0792. The molecule has 1 aliphatic heterocycles. The number of likely N-dealkylation sites (tertiary alicyclic amines) is 1. The van der Waals surface area contributed by atoms with Crippen molar-refractivity contribution in [1.82, 2.24) is 4.90 Å². The maximum absolute atomic E-state index is 11.9. The number of aromatic hydroxyl groups is 2. The molecule has 86 valence electrons. The van der Waals surface area contributed by atoms with Crippen LogP contribution in [-0.4, -0.2) is 39.5 Å². The first kappa shape index (κ1) is 11.1. The number of phenolic OH excluding ortho intramolecular Hbond substituents is 2. The van der Waals surface area contributed by atoms with Crippen LogP contribution in [0.3, 0.4) is 0 Å². The Morgan fingerprint density at radius 1 is 1.31 bits per heavy atom. The van der Waals surface area contributed by atoms with Crippen LogP contribution in [-0.2, 0) is 0 Å². The summed E-state index contributed by atoms with van der Waals surface area (Å²) in [5.74, 6) is -0.454. The van der Waals surface area contributed by atoms with Crippen molar-refractivity contribution in [3.05, 3.63) is 23.8 Å². The van der Waals surface area contributed by atoms with E-state index in [1.807, 2.05) is 0 Å². The Bertz CT molecular complexity index is 401. The Balaban J connectivity index is 2.20. The molecule has 1 aromatic carbocycles. The molecule has 2 rings (SSSR count). The SMILES string of the molecule is O=C(c1cc(O)cc(O)c1)N1CCC(Cl)C1. The summed E-state index contributed by atoms with van der Waals surface area (Å²) in [4.78, 5) is 13.6. The molecule has 4 nitrogen and oxygen atoms in total. The number of nitrogens with zero attached hydrogens (tertiary/aromatic N) is 1. The van der Waals surface area contributed by atoms with E-state index in [4.69, 9.17) is 11.6 Å². The highest BCUT2D eigenvalue weighted by Crippen LogP contribution is 2.23. The maximum Gasteiger partial charge on any atom is 0.254 e. The van der Waals surface area contributed by atoms with Gasteiger partial charge in [-0.15, -0.1) is 11.6 Å². The van der Waals surface area contributed by atoms with Crippen LogP contribution in [0, 0.1) is 0 Å². The van der Waals surface area contributed by atoms with Gasteiger partial charge in [-0.05, 0) is 18.6 Å². The predicted molar refractivity (Wildman–Crippen MR) is 59.9 cm³/mol. The normalized spacial score (nSPS) is 20.1. The number of hydrogen-bond donors (Lipinski definition) is 2. The van der Waals surface area contributed by atoms with Crippen molar-refractivity contribution in [3.63, 3.8) is 0 Å². The Morgan fingerprint density at radius 2 is 1.94 bits per heavy atom. The molecule has 0 aliphatic carbocycles. The van der Waals surface area contributed by atoms with Gasteiger partial charge in [0.25, 0.3) is 5.91 Å². The smallest absolute Gasteiger partial charge is 0.254 e. The largest absolute Gasteiger partial charge is 0.508 e. The van der Waals surface area contributed by atoms with Gasteiger partial charge in [0, 0.05) is 24.7 Å². The minimum Gasteiger partial charge on any atom is -0.508 e. The van der Waals surface area contributed by atoms with Gasteiger partial charge in [0.2, 0.25) is 0 Å². The second-order valence-corrected chi connectivity index (χ2v) is 4.49. The van der Waals surface area contributed by atoms with Gasteiger partial charge in [0.15, 0.2) is 0 Å². The lowest BCUT2D eigenvalue weighted by atomic mass is 10.2. The van der Waals surface area contributed by atoms with Gasteiger partial charge in [-0.1, -0.05) is 0 Å². The molecule has 0 radical (unpaired) electrons. The fraction of sp³-hybridized carbons (Fsp3) is 0.364. The van der Waals surface area contributed by atoms with E-state index < -0.39 is 0 Å². The maximum atomic E-state index is 11.9. The molecule has 1 fully saturated rings. The van der Waals surface area contributed by atoms with Gasteiger partial charge in [0.05, 0.1) is 5.38 Å². The van der Waals surface area contributed by atoms with Crippen LogP contribution in [0.2, 0.25) is 0 Å². The molecule has 1 aromatic rings. The summed E-state index contributed by atoms with van der Waals surface area (Å²) in [6, 6.07) is 3.86. The quantitative estimate of drug-likeness (QED) is 0.734. The minimum atomic E-state index is -0.214. The second kappa shape index (κ2) is 4.22. The molecule has 1 aliphatic rings. The zero-order valence-electron chi connectivity index (χ0n) is 8.56. The van der Waals surface area contributed by atoms with Crippen LogP contribution in [0.1, 0.15) is 16.8 Å². The van der Waals surface area contributed by atoms with Gasteiger partial charge in [-0.3, -0.25) is 4.79 Å². The molecule has 0 saturated carbocycles. The average Bonchev–Trinajstić information content (AvgIpc) is 2.62. The molecular weight excluding hydrogens is 230 g/mol. The van der Waals surface area contributed by atoms with Crippen molar-refractivity contribution in [3.8, 4) is 11.5 Å². The monoisotopic (exact) mass is 241 g/mol. The number of alkyl halides is 1. The van der Waals surface area contributed by atoms with Gasteiger partial charge in [-0.25, -0.2) is 0 Å². The standard InChI is InChI=1S/C11H12ClNO3/c12-8-1-2-13(6-8)11(16)7-3-9(14)5-10(15)4-7/h3-5,8,14-15H,1-2,6H2. The van der Waals surface area contributed by atoms with Crippen LogP contribution in [0.15, 0.2) is 18.2 Å². The number of amides is 1. The van der Waals surface area contributed by atoms with E-state index in [1.165, 1.54) is 18.2 Å².